The monoisotopic (exact) mass is 421 g/mol. The zero-order valence-corrected chi connectivity index (χ0v) is 18.3. The van der Waals surface area contributed by atoms with Crippen molar-refractivity contribution >= 4 is 21.5 Å². The molecule has 0 fully saturated rings. The van der Waals surface area contributed by atoms with E-state index >= 15 is 0 Å². The summed E-state index contributed by atoms with van der Waals surface area (Å²) in [6.07, 6.45) is 2.76. The fraction of sp³-hybridized carbons (Fsp3) is 0.0312. The summed E-state index contributed by atoms with van der Waals surface area (Å²) in [7, 11) is 0. The summed E-state index contributed by atoms with van der Waals surface area (Å²) in [5, 5.41) is 5.05. The van der Waals surface area contributed by atoms with Crippen LogP contribution in [0, 0.1) is 0 Å². The highest BCUT2D eigenvalue weighted by Gasteiger charge is 2.18. The van der Waals surface area contributed by atoms with Gasteiger partial charge in [-0.05, 0) is 55.9 Å². The molecule has 5 aromatic carbocycles. The van der Waals surface area contributed by atoms with Gasteiger partial charge in [0.15, 0.2) is 0 Å². The molecule has 6 rings (SSSR count). The maximum Gasteiger partial charge on any atom is 0.0531 e. The predicted octanol–water partition coefficient (Wildman–Crippen LogP) is 8.31. The summed E-state index contributed by atoms with van der Waals surface area (Å²) < 4.78 is 0. The lowest BCUT2D eigenvalue weighted by Gasteiger charge is -2.18. The molecule has 1 aromatic heterocycles. The van der Waals surface area contributed by atoms with E-state index in [2.05, 4.69) is 121 Å². The summed E-state index contributed by atoms with van der Waals surface area (Å²) in [6.45, 7) is 0. The van der Waals surface area contributed by atoms with E-state index in [1.54, 1.807) is 0 Å². The first-order chi connectivity index (χ1) is 16.4. The Balaban J connectivity index is 1.70. The molecular formula is C32H23N. The Morgan fingerprint density at radius 3 is 1.76 bits per heavy atom. The molecule has 0 atom stereocenters. The van der Waals surface area contributed by atoms with Crippen LogP contribution in [0.25, 0.3) is 43.8 Å². The van der Waals surface area contributed by atoms with Gasteiger partial charge in [-0.25, -0.2) is 0 Å². The van der Waals surface area contributed by atoms with E-state index in [1.807, 2.05) is 6.20 Å². The fourth-order valence-electron chi connectivity index (χ4n) is 4.87. The van der Waals surface area contributed by atoms with Crippen LogP contribution in [0.5, 0.6) is 0 Å². The molecule has 156 valence electrons. The van der Waals surface area contributed by atoms with Gasteiger partial charge in [0.25, 0.3) is 0 Å². The Morgan fingerprint density at radius 2 is 1.09 bits per heavy atom. The Labute approximate surface area is 194 Å². The highest BCUT2D eigenvalue weighted by Crippen LogP contribution is 2.42. The van der Waals surface area contributed by atoms with Crippen molar-refractivity contribution in [3.05, 3.63) is 139 Å². The van der Waals surface area contributed by atoms with E-state index in [-0.39, 0.29) is 0 Å². The SMILES string of the molecule is c1ccc(Cc2nccc(-c3c4ccccc4cc4ccccc34)c2-c2ccccc2)cc1. The van der Waals surface area contributed by atoms with Gasteiger partial charge < -0.3 is 0 Å². The van der Waals surface area contributed by atoms with Gasteiger partial charge in [-0.15, -0.1) is 0 Å². The molecule has 0 saturated heterocycles. The summed E-state index contributed by atoms with van der Waals surface area (Å²) >= 11 is 0. The molecule has 1 heteroatoms. The van der Waals surface area contributed by atoms with Crippen LogP contribution < -0.4 is 0 Å². The first-order valence-corrected chi connectivity index (χ1v) is 11.4. The molecule has 0 aliphatic carbocycles. The van der Waals surface area contributed by atoms with Gasteiger partial charge in [-0.3, -0.25) is 4.98 Å². The van der Waals surface area contributed by atoms with E-state index in [0.29, 0.717) is 0 Å². The lowest BCUT2D eigenvalue weighted by atomic mass is 9.86. The fourth-order valence-corrected chi connectivity index (χ4v) is 4.87. The molecule has 33 heavy (non-hydrogen) atoms. The molecule has 0 spiro atoms. The van der Waals surface area contributed by atoms with Crippen molar-refractivity contribution in [1.29, 1.82) is 0 Å². The second-order valence-electron chi connectivity index (χ2n) is 8.40. The molecule has 6 aromatic rings. The summed E-state index contributed by atoms with van der Waals surface area (Å²) in [5.74, 6) is 0. The number of pyridine rings is 1. The smallest absolute Gasteiger partial charge is 0.0531 e. The van der Waals surface area contributed by atoms with E-state index in [9.17, 15) is 0 Å². The number of aromatic nitrogens is 1. The van der Waals surface area contributed by atoms with Crippen molar-refractivity contribution < 1.29 is 0 Å². The quantitative estimate of drug-likeness (QED) is 0.261. The van der Waals surface area contributed by atoms with Crippen LogP contribution in [0.1, 0.15) is 11.3 Å². The zero-order valence-electron chi connectivity index (χ0n) is 18.3. The normalized spacial score (nSPS) is 11.2. The molecule has 1 heterocycles. The number of hydrogen-bond acceptors (Lipinski definition) is 1. The van der Waals surface area contributed by atoms with Crippen molar-refractivity contribution in [3.63, 3.8) is 0 Å². The average molecular weight is 422 g/mol. The molecule has 0 aliphatic heterocycles. The molecule has 0 bridgehead atoms. The summed E-state index contributed by atoms with van der Waals surface area (Å²) in [5.41, 5.74) is 7.28. The average Bonchev–Trinajstić information content (AvgIpc) is 2.88. The van der Waals surface area contributed by atoms with Crippen molar-refractivity contribution in [1.82, 2.24) is 4.98 Å². The van der Waals surface area contributed by atoms with Crippen molar-refractivity contribution in [3.8, 4) is 22.3 Å². The lowest BCUT2D eigenvalue weighted by Crippen LogP contribution is -1.99. The van der Waals surface area contributed by atoms with Gasteiger partial charge in [0.1, 0.15) is 0 Å². The van der Waals surface area contributed by atoms with Gasteiger partial charge in [0.05, 0.1) is 5.69 Å². The standard InChI is InChI=1S/C32H23N/c1-3-11-23(12-4-1)21-30-31(24-13-5-2-6-14-24)29(19-20-33-30)32-27-17-9-7-15-25(27)22-26-16-8-10-18-28(26)32/h1-20,22H,21H2. The minimum absolute atomic E-state index is 0.793. The van der Waals surface area contributed by atoms with Gasteiger partial charge >= 0.3 is 0 Å². The van der Waals surface area contributed by atoms with E-state index in [1.165, 1.54) is 49.4 Å². The molecule has 0 amide bonds. The largest absolute Gasteiger partial charge is 0.260 e. The van der Waals surface area contributed by atoms with Crippen molar-refractivity contribution in [2.24, 2.45) is 0 Å². The number of rotatable bonds is 4. The van der Waals surface area contributed by atoms with Crippen molar-refractivity contribution in [2.75, 3.05) is 0 Å². The van der Waals surface area contributed by atoms with Gasteiger partial charge in [0.2, 0.25) is 0 Å². The second kappa shape index (κ2) is 8.37. The number of benzene rings is 5. The highest BCUT2D eigenvalue weighted by atomic mass is 14.7. The Kier molecular flexibility index (Phi) is 4.93. The number of hydrogen-bond donors (Lipinski definition) is 0. The van der Waals surface area contributed by atoms with Crippen LogP contribution >= 0.6 is 0 Å². The third kappa shape index (κ3) is 3.58. The van der Waals surface area contributed by atoms with E-state index in [0.717, 1.165) is 12.1 Å². The van der Waals surface area contributed by atoms with Crippen LogP contribution in [0.3, 0.4) is 0 Å². The number of nitrogens with zero attached hydrogens (tertiary/aromatic N) is 1. The Bertz CT molecular complexity index is 1510. The minimum atomic E-state index is 0.793. The summed E-state index contributed by atoms with van der Waals surface area (Å²) in [4.78, 5) is 4.90. The van der Waals surface area contributed by atoms with Gasteiger partial charge in [-0.2, -0.15) is 0 Å². The predicted molar refractivity (Wildman–Crippen MR) is 139 cm³/mol. The molecule has 0 aliphatic rings. The van der Waals surface area contributed by atoms with Crippen LogP contribution in [-0.4, -0.2) is 4.98 Å². The topological polar surface area (TPSA) is 12.9 Å². The first-order valence-electron chi connectivity index (χ1n) is 11.4. The summed E-state index contributed by atoms with van der Waals surface area (Å²) in [6, 6.07) is 43.2. The zero-order chi connectivity index (χ0) is 22.0. The lowest BCUT2D eigenvalue weighted by molar-refractivity contribution is 1.08. The molecular weight excluding hydrogens is 398 g/mol. The van der Waals surface area contributed by atoms with E-state index in [4.69, 9.17) is 4.98 Å². The number of fused-ring (bicyclic) bond motifs is 2. The van der Waals surface area contributed by atoms with Crippen LogP contribution in [-0.2, 0) is 6.42 Å². The van der Waals surface area contributed by atoms with Crippen LogP contribution in [0.15, 0.2) is 128 Å². The highest BCUT2D eigenvalue weighted by molar-refractivity contribution is 6.14. The molecule has 0 N–H and O–H groups in total. The first kappa shape index (κ1) is 19.5. The molecule has 0 radical (unpaired) electrons. The minimum Gasteiger partial charge on any atom is -0.260 e. The second-order valence-corrected chi connectivity index (χ2v) is 8.40. The third-order valence-corrected chi connectivity index (χ3v) is 6.35. The molecule has 0 saturated carbocycles. The van der Waals surface area contributed by atoms with Gasteiger partial charge in [-0.1, -0.05) is 109 Å². The Morgan fingerprint density at radius 1 is 0.515 bits per heavy atom. The molecule has 1 nitrogen and oxygen atoms in total. The van der Waals surface area contributed by atoms with Gasteiger partial charge in [0, 0.05) is 18.2 Å². The van der Waals surface area contributed by atoms with Crippen LogP contribution in [0.2, 0.25) is 0 Å². The maximum absolute atomic E-state index is 4.90. The van der Waals surface area contributed by atoms with Crippen molar-refractivity contribution in [2.45, 2.75) is 6.42 Å². The molecule has 0 unspecified atom stereocenters. The van der Waals surface area contributed by atoms with Crippen LogP contribution in [0.4, 0.5) is 0 Å². The third-order valence-electron chi connectivity index (χ3n) is 6.35. The van der Waals surface area contributed by atoms with E-state index < -0.39 is 0 Å². The Hall–Kier alpha value is -4.23. The maximum atomic E-state index is 4.90.